The second-order valence-electron chi connectivity index (χ2n) is 10.9. The molecule has 0 radical (unpaired) electrons. The molecule has 1 atom stereocenters. The summed E-state index contributed by atoms with van der Waals surface area (Å²) >= 11 is 0. The van der Waals surface area contributed by atoms with E-state index in [1.807, 2.05) is 35.2 Å². The van der Waals surface area contributed by atoms with Crippen molar-refractivity contribution in [2.75, 3.05) is 57.3 Å². The zero-order valence-corrected chi connectivity index (χ0v) is 23.9. The molecular formula is C32H38F3N3O4. The number of hydrogen-bond donors (Lipinski definition) is 1. The van der Waals surface area contributed by atoms with Gasteiger partial charge in [0.2, 0.25) is 0 Å². The number of carbonyl (C=O) groups is 2. The zero-order chi connectivity index (χ0) is 30.1. The highest BCUT2D eigenvalue weighted by atomic mass is 19.4. The average Bonchev–Trinajstić information content (AvgIpc) is 2.99. The van der Waals surface area contributed by atoms with E-state index >= 15 is 0 Å². The summed E-state index contributed by atoms with van der Waals surface area (Å²) in [4.78, 5) is 29.0. The lowest BCUT2D eigenvalue weighted by Crippen LogP contribution is -2.48. The number of piperidine rings is 1. The van der Waals surface area contributed by atoms with E-state index in [0.717, 1.165) is 73.8 Å². The van der Waals surface area contributed by atoms with Gasteiger partial charge in [-0.15, -0.1) is 0 Å². The Kier molecular flexibility index (Phi) is 10.7. The second-order valence-corrected chi connectivity index (χ2v) is 10.9. The first kappa shape index (κ1) is 31.2. The van der Waals surface area contributed by atoms with Crippen LogP contribution in [0.3, 0.4) is 0 Å². The normalized spacial score (nSPS) is 17.9. The average molecular weight is 586 g/mol. The molecule has 0 bridgehead atoms. The fourth-order valence-electron chi connectivity index (χ4n) is 5.47. The third-order valence-corrected chi connectivity index (χ3v) is 7.66. The van der Waals surface area contributed by atoms with Gasteiger partial charge in [-0.25, -0.2) is 4.79 Å². The van der Waals surface area contributed by atoms with E-state index in [1.165, 1.54) is 31.6 Å². The van der Waals surface area contributed by atoms with Crippen LogP contribution in [0.15, 0.2) is 66.7 Å². The van der Waals surface area contributed by atoms with Crippen molar-refractivity contribution in [3.63, 3.8) is 0 Å². The SMILES string of the molecule is CC1CCCN(CCCOc2ccc(N3CCN(C(=O)c4cccc5ccccc45)CC3)cc2)C1.O=C(O)C(F)(F)F. The van der Waals surface area contributed by atoms with Crippen LogP contribution in [-0.2, 0) is 4.79 Å². The third-order valence-electron chi connectivity index (χ3n) is 7.66. The topological polar surface area (TPSA) is 73.3 Å². The number of carboxylic acids is 1. The minimum Gasteiger partial charge on any atom is -0.494 e. The third kappa shape index (κ3) is 8.61. The number of ether oxygens (including phenoxy) is 1. The predicted molar refractivity (Wildman–Crippen MR) is 157 cm³/mol. The second kappa shape index (κ2) is 14.4. The number of carboxylic acid groups (broad SMARTS) is 1. The van der Waals surface area contributed by atoms with Gasteiger partial charge in [-0.3, -0.25) is 4.79 Å². The fraction of sp³-hybridized carbons (Fsp3) is 0.438. The number of anilines is 1. The van der Waals surface area contributed by atoms with E-state index in [4.69, 9.17) is 14.6 Å². The van der Waals surface area contributed by atoms with Crippen LogP contribution >= 0.6 is 0 Å². The summed E-state index contributed by atoms with van der Waals surface area (Å²) in [7, 11) is 0. The molecule has 3 aromatic rings. The van der Waals surface area contributed by atoms with Gasteiger partial charge in [0, 0.05) is 50.5 Å². The number of halogens is 3. The number of carbonyl (C=O) groups excluding carboxylic acids is 1. The Morgan fingerprint density at radius 1 is 0.929 bits per heavy atom. The Morgan fingerprint density at radius 3 is 2.26 bits per heavy atom. The van der Waals surface area contributed by atoms with Crippen molar-refractivity contribution in [2.45, 2.75) is 32.4 Å². The summed E-state index contributed by atoms with van der Waals surface area (Å²) < 4.78 is 37.7. The number of benzene rings is 3. The van der Waals surface area contributed by atoms with E-state index in [2.05, 4.69) is 53.1 Å². The number of rotatable bonds is 7. The van der Waals surface area contributed by atoms with Gasteiger partial charge in [-0.05, 0) is 72.8 Å². The molecular weight excluding hydrogens is 547 g/mol. The highest BCUT2D eigenvalue weighted by Gasteiger charge is 2.38. The molecule has 2 heterocycles. The molecule has 10 heteroatoms. The van der Waals surface area contributed by atoms with Gasteiger partial charge in [0.05, 0.1) is 6.61 Å². The molecule has 2 fully saturated rings. The van der Waals surface area contributed by atoms with Crippen LogP contribution in [0.4, 0.5) is 18.9 Å². The first-order chi connectivity index (χ1) is 20.1. The smallest absolute Gasteiger partial charge is 0.490 e. The number of aliphatic carboxylic acids is 1. The minimum atomic E-state index is -5.08. The van der Waals surface area contributed by atoms with Crippen LogP contribution < -0.4 is 9.64 Å². The van der Waals surface area contributed by atoms with Crippen LogP contribution in [-0.4, -0.2) is 85.4 Å². The Hall–Kier alpha value is -3.79. The van der Waals surface area contributed by atoms with E-state index in [0.29, 0.717) is 0 Å². The van der Waals surface area contributed by atoms with E-state index in [-0.39, 0.29) is 5.91 Å². The molecule has 7 nitrogen and oxygen atoms in total. The molecule has 2 saturated heterocycles. The van der Waals surface area contributed by atoms with Crippen molar-refractivity contribution < 1.29 is 32.6 Å². The monoisotopic (exact) mass is 585 g/mol. The first-order valence-electron chi connectivity index (χ1n) is 14.4. The Balaban J connectivity index is 0.000000517. The van der Waals surface area contributed by atoms with Crippen LogP contribution in [0.25, 0.3) is 10.8 Å². The van der Waals surface area contributed by atoms with Gasteiger partial charge in [0.15, 0.2) is 0 Å². The molecule has 226 valence electrons. The summed E-state index contributed by atoms with van der Waals surface area (Å²) in [6.45, 7) is 9.85. The minimum absolute atomic E-state index is 0.129. The summed E-state index contributed by atoms with van der Waals surface area (Å²) in [5.41, 5.74) is 1.99. The van der Waals surface area contributed by atoms with Gasteiger partial charge in [-0.2, -0.15) is 13.2 Å². The van der Waals surface area contributed by atoms with Crippen molar-refractivity contribution in [2.24, 2.45) is 5.92 Å². The number of piperazine rings is 1. The number of alkyl halides is 3. The molecule has 2 aliphatic heterocycles. The summed E-state index contributed by atoms with van der Waals surface area (Å²) in [5, 5.41) is 9.27. The fourth-order valence-corrected chi connectivity index (χ4v) is 5.47. The molecule has 3 aromatic carbocycles. The Bertz CT molecular complexity index is 1320. The highest BCUT2D eigenvalue weighted by Crippen LogP contribution is 2.24. The van der Waals surface area contributed by atoms with Crippen molar-refractivity contribution in [3.05, 3.63) is 72.3 Å². The predicted octanol–water partition coefficient (Wildman–Crippen LogP) is 5.94. The number of nitrogens with zero attached hydrogens (tertiary/aromatic N) is 3. The summed E-state index contributed by atoms with van der Waals surface area (Å²) in [6, 6.07) is 22.5. The highest BCUT2D eigenvalue weighted by molar-refractivity contribution is 6.07. The van der Waals surface area contributed by atoms with Crippen molar-refractivity contribution in [1.29, 1.82) is 0 Å². The maximum Gasteiger partial charge on any atom is 0.490 e. The molecule has 0 aromatic heterocycles. The molecule has 1 unspecified atom stereocenters. The lowest BCUT2D eigenvalue weighted by atomic mass is 10.0. The van der Waals surface area contributed by atoms with Gasteiger partial charge < -0.3 is 24.5 Å². The molecule has 42 heavy (non-hydrogen) atoms. The Morgan fingerprint density at radius 2 is 1.60 bits per heavy atom. The summed E-state index contributed by atoms with van der Waals surface area (Å²) in [5.74, 6) is -0.863. The number of fused-ring (bicyclic) bond motifs is 1. The Labute approximate surface area is 244 Å². The standard InChI is InChI=1S/C30H37N3O2.C2HF3O2/c1-24-7-5-16-31(23-24)17-6-22-35-27-14-12-26(13-15-27)32-18-20-33(21-19-32)30(34)29-11-4-9-25-8-2-3-10-28(25)29;3-2(4,5)1(6)7/h2-4,8-15,24H,5-7,16-23H2,1H3;(H,6,7). The molecule has 1 amide bonds. The van der Waals surface area contributed by atoms with E-state index in [9.17, 15) is 18.0 Å². The molecule has 1 N–H and O–H groups in total. The van der Waals surface area contributed by atoms with Crippen molar-refractivity contribution in [3.8, 4) is 5.75 Å². The van der Waals surface area contributed by atoms with Gasteiger partial charge in [0.1, 0.15) is 5.75 Å². The van der Waals surface area contributed by atoms with Crippen molar-refractivity contribution >= 4 is 28.3 Å². The van der Waals surface area contributed by atoms with Crippen LogP contribution in [0.5, 0.6) is 5.75 Å². The summed E-state index contributed by atoms with van der Waals surface area (Å²) in [6.07, 6.45) is -1.31. The maximum absolute atomic E-state index is 13.2. The van der Waals surface area contributed by atoms with Gasteiger partial charge in [0.25, 0.3) is 5.91 Å². The number of hydrogen-bond acceptors (Lipinski definition) is 5. The number of amides is 1. The molecule has 0 saturated carbocycles. The van der Waals surface area contributed by atoms with Gasteiger partial charge in [-0.1, -0.05) is 43.3 Å². The maximum atomic E-state index is 13.2. The molecule has 0 spiro atoms. The first-order valence-corrected chi connectivity index (χ1v) is 14.4. The number of likely N-dealkylation sites (tertiary alicyclic amines) is 1. The van der Waals surface area contributed by atoms with Crippen LogP contribution in [0.1, 0.15) is 36.5 Å². The lowest BCUT2D eigenvalue weighted by Gasteiger charge is -2.36. The zero-order valence-electron chi connectivity index (χ0n) is 23.9. The quantitative estimate of drug-likeness (QED) is 0.346. The van der Waals surface area contributed by atoms with Crippen LogP contribution in [0.2, 0.25) is 0 Å². The van der Waals surface area contributed by atoms with E-state index < -0.39 is 12.1 Å². The largest absolute Gasteiger partial charge is 0.494 e. The molecule has 0 aliphatic carbocycles. The van der Waals surface area contributed by atoms with Gasteiger partial charge >= 0.3 is 12.1 Å². The molecule has 2 aliphatic rings. The molecule has 5 rings (SSSR count). The van der Waals surface area contributed by atoms with E-state index in [1.54, 1.807) is 0 Å². The lowest BCUT2D eigenvalue weighted by molar-refractivity contribution is -0.192. The van der Waals surface area contributed by atoms with Crippen molar-refractivity contribution in [1.82, 2.24) is 9.80 Å². The van der Waals surface area contributed by atoms with Crippen LogP contribution in [0, 0.1) is 5.92 Å².